The van der Waals surface area contributed by atoms with Gasteiger partial charge >= 0.3 is 0 Å². The number of nitrogens with zero attached hydrogens (tertiary/aromatic N) is 1. The lowest BCUT2D eigenvalue weighted by Crippen LogP contribution is -2.31. The summed E-state index contributed by atoms with van der Waals surface area (Å²) in [6, 6.07) is 9.51. The van der Waals surface area contributed by atoms with Gasteiger partial charge in [-0.15, -0.1) is 11.8 Å². The van der Waals surface area contributed by atoms with E-state index < -0.39 is 0 Å². The van der Waals surface area contributed by atoms with Crippen molar-refractivity contribution in [1.82, 2.24) is 9.88 Å². The Morgan fingerprint density at radius 2 is 2.00 bits per heavy atom. The highest BCUT2D eigenvalue weighted by Gasteiger charge is 2.06. The maximum Gasteiger partial charge on any atom is 0.294 e. The summed E-state index contributed by atoms with van der Waals surface area (Å²) in [4.78, 5) is 24.8. The third kappa shape index (κ3) is 3.86. The van der Waals surface area contributed by atoms with E-state index in [9.17, 15) is 14.0 Å². The minimum atomic E-state index is -0.303. The minimum Gasteiger partial charge on any atom is -0.459 e. The van der Waals surface area contributed by atoms with Crippen LogP contribution in [0.25, 0.3) is 11.0 Å². The van der Waals surface area contributed by atoms with Crippen molar-refractivity contribution in [3.8, 4) is 0 Å². The van der Waals surface area contributed by atoms with E-state index in [1.807, 2.05) is 0 Å². The molecule has 3 aromatic rings. The third-order valence-electron chi connectivity index (χ3n) is 3.44. The molecule has 0 radical (unpaired) electrons. The Hall–Kier alpha value is -2.54. The topological polar surface area (TPSA) is 64.2 Å². The second-order valence-electron chi connectivity index (χ2n) is 5.11. The zero-order valence-corrected chi connectivity index (χ0v) is 13.5. The van der Waals surface area contributed by atoms with E-state index in [0.29, 0.717) is 18.7 Å². The van der Waals surface area contributed by atoms with Gasteiger partial charge in [-0.05, 0) is 36.4 Å². The molecule has 0 aliphatic heterocycles. The van der Waals surface area contributed by atoms with E-state index in [2.05, 4.69) is 5.32 Å². The first-order chi connectivity index (χ1) is 11.6. The summed E-state index contributed by atoms with van der Waals surface area (Å²) in [6.07, 6.45) is 3.16. The molecule has 0 fully saturated rings. The van der Waals surface area contributed by atoms with Gasteiger partial charge in [-0.3, -0.25) is 9.59 Å². The standard InChI is InChI=1S/C17H15FN2O3S/c18-13-1-3-14(4-2-13)24-11-15(21)19-7-9-20-8-5-12-6-10-23-16(12)17(20)22/h1-6,8,10H,7,9,11H2,(H,19,21). The molecule has 2 heterocycles. The van der Waals surface area contributed by atoms with E-state index >= 15 is 0 Å². The number of carbonyl (C=O) groups excluding carboxylic acids is 1. The average molecular weight is 346 g/mol. The molecule has 0 unspecified atom stereocenters. The fourth-order valence-corrected chi connectivity index (χ4v) is 2.94. The Labute approximate surface area is 141 Å². The summed E-state index contributed by atoms with van der Waals surface area (Å²) in [5, 5.41) is 3.52. The van der Waals surface area contributed by atoms with E-state index in [1.165, 1.54) is 34.7 Å². The molecular formula is C17H15FN2O3S. The Morgan fingerprint density at radius 1 is 1.21 bits per heavy atom. The van der Waals surface area contributed by atoms with Gasteiger partial charge in [0.1, 0.15) is 5.82 Å². The first kappa shape index (κ1) is 16.3. The molecule has 3 rings (SSSR count). The second kappa shape index (κ2) is 7.35. The molecule has 0 aliphatic rings. The number of furan rings is 1. The lowest BCUT2D eigenvalue weighted by Gasteiger charge is -2.07. The van der Waals surface area contributed by atoms with Crippen molar-refractivity contribution in [2.75, 3.05) is 12.3 Å². The molecule has 1 aromatic carbocycles. The highest BCUT2D eigenvalue weighted by molar-refractivity contribution is 8.00. The van der Waals surface area contributed by atoms with Crippen molar-refractivity contribution in [2.45, 2.75) is 11.4 Å². The molecule has 0 saturated carbocycles. The van der Waals surface area contributed by atoms with Crippen LogP contribution in [0.2, 0.25) is 0 Å². The monoisotopic (exact) mass is 346 g/mol. The van der Waals surface area contributed by atoms with Gasteiger partial charge in [-0.25, -0.2) is 4.39 Å². The zero-order valence-electron chi connectivity index (χ0n) is 12.7. The molecule has 0 bridgehead atoms. The van der Waals surface area contributed by atoms with Gasteiger partial charge < -0.3 is 14.3 Å². The van der Waals surface area contributed by atoms with Crippen LogP contribution >= 0.6 is 11.8 Å². The van der Waals surface area contributed by atoms with Crippen LogP contribution in [0.5, 0.6) is 0 Å². The maximum absolute atomic E-state index is 12.8. The van der Waals surface area contributed by atoms with Gasteiger partial charge in [-0.2, -0.15) is 0 Å². The Bertz CT molecular complexity index is 902. The molecule has 0 spiro atoms. The Morgan fingerprint density at radius 3 is 2.79 bits per heavy atom. The molecule has 1 amide bonds. The predicted molar refractivity (Wildman–Crippen MR) is 90.6 cm³/mol. The molecule has 7 heteroatoms. The van der Waals surface area contributed by atoms with Gasteiger partial charge in [0.25, 0.3) is 5.56 Å². The number of pyridine rings is 1. The number of amides is 1. The number of hydrogen-bond acceptors (Lipinski definition) is 4. The minimum absolute atomic E-state index is 0.142. The number of nitrogens with one attached hydrogen (secondary N) is 1. The zero-order chi connectivity index (χ0) is 16.9. The first-order valence-corrected chi connectivity index (χ1v) is 8.34. The first-order valence-electron chi connectivity index (χ1n) is 7.35. The van der Waals surface area contributed by atoms with Crippen LogP contribution in [0, 0.1) is 5.82 Å². The molecule has 5 nitrogen and oxygen atoms in total. The van der Waals surface area contributed by atoms with Crippen molar-refractivity contribution in [3.63, 3.8) is 0 Å². The Balaban J connectivity index is 1.48. The summed E-state index contributed by atoms with van der Waals surface area (Å²) in [5.74, 6) is -0.211. The number of benzene rings is 1. The van der Waals surface area contributed by atoms with Crippen LogP contribution in [0.3, 0.4) is 0 Å². The SMILES string of the molecule is O=C(CSc1ccc(F)cc1)NCCn1ccc2ccoc2c1=O. The van der Waals surface area contributed by atoms with Gasteiger partial charge in [-0.1, -0.05) is 0 Å². The molecular weight excluding hydrogens is 331 g/mol. The summed E-state index contributed by atoms with van der Waals surface area (Å²) in [7, 11) is 0. The number of halogens is 1. The van der Waals surface area contributed by atoms with E-state index in [1.54, 1.807) is 30.5 Å². The van der Waals surface area contributed by atoms with E-state index in [-0.39, 0.29) is 23.0 Å². The third-order valence-corrected chi connectivity index (χ3v) is 4.46. The van der Waals surface area contributed by atoms with Crippen molar-refractivity contribution in [1.29, 1.82) is 0 Å². The van der Waals surface area contributed by atoms with E-state index in [0.717, 1.165) is 10.3 Å². The van der Waals surface area contributed by atoms with Gasteiger partial charge in [0.2, 0.25) is 5.91 Å². The van der Waals surface area contributed by atoms with Crippen molar-refractivity contribution in [3.05, 3.63) is 65.0 Å². The van der Waals surface area contributed by atoms with Crippen LogP contribution in [0.4, 0.5) is 4.39 Å². The highest BCUT2D eigenvalue weighted by atomic mass is 32.2. The van der Waals surface area contributed by atoms with Gasteiger partial charge in [0.05, 0.1) is 12.0 Å². The molecule has 24 heavy (non-hydrogen) atoms. The maximum atomic E-state index is 12.8. The van der Waals surface area contributed by atoms with Gasteiger partial charge in [0.15, 0.2) is 5.58 Å². The molecule has 0 saturated heterocycles. The number of hydrogen-bond donors (Lipinski definition) is 1. The fourth-order valence-electron chi connectivity index (χ4n) is 2.22. The quantitative estimate of drug-likeness (QED) is 0.697. The molecule has 1 N–H and O–H groups in total. The van der Waals surface area contributed by atoms with E-state index in [4.69, 9.17) is 4.42 Å². The smallest absolute Gasteiger partial charge is 0.294 e. The number of thioether (sulfide) groups is 1. The number of carbonyl (C=O) groups is 1. The van der Waals surface area contributed by atoms with Crippen molar-refractivity contribution in [2.24, 2.45) is 0 Å². The summed E-state index contributed by atoms with van der Waals surface area (Å²) >= 11 is 1.33. The van der Waals surface area contributed by atoms with Crippen molar-refractivity contribution >= 4 is 28.6 Å². The molecule has 0 aliphatic carbocycles. The summed E-state index contributed by atoms with van der Waals surface area (Å²) in [5.41, 5.74) is 0.100. The van der Waals surface area contributed by atoms with Crippen LogP contribution in [-0.2, 0) is 11.3 Å². The normalized spacial score (nSPS) is 10.9. The predicted octanol–water partition coefficient (Wildman–Crippen LogP) is 2.64. The average Bonchev–Trinajstić information content (AvgIpc) is 3.06. The highest BCUT2D eigenvalue weighted by Crippen LogP contribution is 2.17. The number of rotatable bonds is 6. The van der Waals surface area contributed by atoms with Crippen LogP contribution in [0.15, 0.2) is 63.0 Å². The Kier molecular flexibility index (Phi) is 5.00. The fraction of sp³-hybridized carbons (Fsp3) is 0.176. The van der Waals surface area contributed by atoms with Crippen molar-refractivity contribution < 1.29 is 13.6 Å². The summed E-state index contributed by atoms with van der Waals surface area (Å²) in [6.45, 7) is 0.706. The lowest BCUT2D eigenvalue weighted by molar-refractivity contribution is -0.118. The molecule has 2 aromatic heterocycles. The molecule has 124 valence electrons. The largest absolute Gasteiger partial charge is 0.459 e. The number of fused-ring (bicyclic) bond motifs is 1. The van der Waals surface area contributed by atoms with Gasteiger partial charge in [0, 0.05) is 29.6 Å². The summed E-state index contributed by atoms with van der Waals surface area (Å²) < 4.78 is 19.5. The lowest BCUT2D eigenvalue weighted by atomic mass is 10.3. The van der Waals surface area contributed by atoms with Crippen LogP contribution < -0.4 is 10.9 Å². The number of aromatic nitrogens is 1. The second-order valence-corrected chi connectivity index (χ2v) is 6.16. The molecule has 0 atom stereocenters. The van der Waals surface area contributed by atoms with Crippen LogP contribution in [-0.4, -0.2) is 22.8 Å². The van der Waals surface area contributed by atoms with Crippen LogP contribution in [0.1, 0.15) is 0 Å².